The highest BCUT2D eigenvalue weighted by atomic mass is 35.5. The Kier molecular flexibility index (Phi) is 5.31. The third kappa shape index (κ3) is 3.88. The van der Waals surface area contributed by atoms with Gasteiger partial charge in [-0.2, -0.15) is 5.10 Å². The first-order valence-corrected chi connectivity index (χ1v) is 12.6. The van der Waals surface area contributed by atoms with Crippen molar-refractivity contribution in [2.75, 3.05) is 0 Å². The second-order valence-electron chi connectivity index (χ2n) is 9.49. The summed E-state index contributed by atoms with van der Waals surface area (Å²) >= 11 is 6.48. The number of carbonyl (C=O) groups is 1. The smallest absolute Gasteiger partial charge is 0.258 e. The number of amides is 1. The van der Waals surface area contributed by atoms with Gasteiger partial charge in [0.25, 0.3) is 11.5 Å². The Morgan fingerprint density at radius 3 is 2.74 bits per heavy atom. The lowest BCUT2D eigenvalue weighted by atomic mass is 9.90. The molecule has 1 aliphatic heterocycles. The summed E-state index contributed by atoms with van der Waals surface area (Å²) in [6.45, 7) is 0.198. The molecule has 1 aliphatic rings. The molecule has 0 spiro atoms. The first-order chi connectivity index (χ1) is 19.0. The maximum Gasteiger partial charge on any atom is 0.258 e. The zero-order chi connectivity index (χ0) is 26.7. The summed E-state index contributed by atoms with van der Waals surface area (Å²) in [7, 11) is 0. The Bertz CT molecular complexity index is 2020. The minimum atomic E-state index is -0.672. The van der Waals surface area contributed by atoms with E-state index in [0.717, 1.165) is 22.1 Å². The molecular weight excluding hydrogens is 517 g/mol. The third-order valence-electron chi connectivity index (χ3n) is 7.18. The van der Waals surface area contributed by atoms with Crippen LogP contribution in [-0.4, -0.2) is 25.1 Å². The van der Waals surface area contributed by atoms with E-state index < -0.39 is 11.9 Å². The number of hydrogen-bond acceptors (Lipinski definition) is 4. The van der Waals surface area contributed by atoms with Gasteiger partial charge in [-0.25, -0.2) is 13.9 Å². The van der Waals surface area contributed by atoms with Crippen LogP contribution < -0.4 is 10.9 Å². The molecule has 1 unspecified atom stereocenters. The summed E-state index contributed by atoms with van der Waals surface area (Å²) < 4.78 is 17.6. The fourth-order valence-corrected chi connectivity index (χ4v) is 5.54. The first-order valence-electron chi connectivity index (χ1n) is 12.3. The average Bonchev–Trinajstić information content (AvgIpc) is 3.55. The topological polar surface area (TPSA) is 81.3 Å². The Balaban J connectivity index is 1.44. The molecule has 6 aromatic rings. The molecule has 1 N–H and O–H groups in total. The highest BCUT2D eigenvalue weighted by molar-refractivity contribution is 6.31. The normalized spacial score (nSPS) is 14.6. The molecule has 0 bridgehead atoms. The molecule has 9 heteroatoms. The molecule has 4 heterocycles. The number of benzene rings is 3. The number of halogens is 2. The first kappa shape index (κ1) is 23.3. The molecule has 0 saturated heterocycles. The summed E-state index contributed by atoms with van der Waals surface area (Å²) in [4.78, 5) is 30.9. The van der Waals surface area contributed by atoms with Crippen molar-refractivity contribution in [3.63, 3.8) is 0 Å². The van der Waals surface area contributed by atoms with E-state index in [1.54, 1.807) is 21.3 Å². The van der Waals surface area contributed by atoms with Crippen LogP contribution in [0.4, 0.5) is 4.39 Å². The lowest BCUT2D eigenvalue weighted by Gasteiger charge is -2.19. The van der Waals surface area contributed by atoms with E-state index in [-0.39, 0.29) is 18.0 Å². The Morgan fingerprint density at radius 1 is 0.974 bits per heavy atom. The molecule has 0 saturated carbocycles. The minimum Gasteiger partial charge on any atom is -0.341 e. The number of hydrogen-bond donors (Lipinski definition) is 1. The van der Waals surface area contributed by atoms with Crippen LogP contribution in [0, 0.1) is 5.82 Å². The van der Waals surface area contributed by atoms with E-state index >= 15 is 0 Å². The van der Waals surface area contributed by atoms with Crippen LogP contribution in [0.15, 0.2) is 96.3 Å². The van der Waals surface area contributed by atoms with Crippen molar-refractivity contribution >= 4 is 33.9 Å². The van der Waals surface area contributed by atoms with Gasteiger partial charge in [-0.1, -0.05) is 29.8 Å². The van der Waals surface area contributed by atoms with Crippen LogP contribution in [-0.2, 0) is 6.54 Å². The van der Waals surface area contributed by atoms with Gasteiger partial charge < -0.3 is 9.88 Å². The van der Waals surface area contributed by atoms with Crippen LogP contribution in [0.2, 0.25) is 5.02 Å². The molecule has 3 aromatic heterocycles. The summed E-state index contributed by atoms with van der Waals surface area (Å²) in [5.74, 6) is -0.756. The number of fused-ring (bicyclic) bond motifs is 3. The predicted octanol–water partition coefficient (Wildman–Crippen LogP) is 5.38. The summed E-state index contributed by atoms with van der Waals surface area (Å²) in [5, 5.41) is 8.98. The van der Waals surface area contributed by atoms with Crippen molar-refractivity contribution < 1.29 is 9.18 Å². The van der Waals surface area contributed by atoms with Gasteiger partial charge >= 0.3 is 0 Å². The molecule has 0 aliphatic carbocycles. The molecule has 190 valence electrons. The minimum absolute atomic E-state index is 0.145. The fraction of sp³-hybridized carbons (Fsp3) is 0.0667. The maximum absolute atomic E-state index is 14.3. The second kappa shape index (κ2) is 8.89. The number of carbonyl (C=O) groups excluding carboxylic acids is 1. The highest BCUT2D eigenvalue weighted by Crippen LogP contribution is 2.39. The van der Waals surface area contributed by atoms with Crippen molar-refractivity contribution in [2.45, 2.75) is 12.6 Å². The number of rotatable bonds is 4. The van der Waals surface area contributed by atoms with Crippen LogP contribution >= 0.6 is 11.6 Å². The van der Waals surface area contributed by atoms with Crippen molar-refractivity contribution in [1.82, 2.24) is 24.5 Å². The average molecular weight is 536 g/mol. The molecule has 0 fully saturated rings. The van der Waals surface area contributed by atoms with Gasteiger partial charge in [0.05, 0.1) is 12.6 Å². The Morgan fingerprint density at radius 2 is 1.85 bits per heavy atom. The van der Waals surface area contributed by atoms with Crippen molar-refractivity contribution in [2.24, 2.45) is 0 Å². The Hall–Kier alpha value is -4.82. The summed E-state index contributed by atoms with van der Waals surface area (Å²) in [5.41, 5.74) is 4.45. The van der Waals surface area contributed by atoms with Gasteiger partial charge in [0.2, 0.25) is 0 Å². The van der Waals surface area contributed by atoms with Crippen LogP contribution in [0.1, 0.15) is 33.1 Å². The molecule has 1 amide bonds. The van der Waals surface area contributed by atoms with E-state index in [1.807, 2.05) is 54.7 Å². The van der Waals surface area contributed by atoms with Gasteiger partial charge in [-0.15, -0.1) is 0 Å². The molecular formula is C30H19ClFN5O2. The maximum atomic E-state index is 14.3. The molecule has 7 nitrogen and oxygen atoms in total. The standard InChI is InChI=1S/C30H19ClFN5O2/c31-25-7-6-21(32)13-23(25)28-27-20(14-36-10-9-17-3-1-2-4-22(17)30(36)39)11-19(12-24(27)29(38)35-28)18-5-8-26-33-16-34-37(26)15-18/h1-13,15-16,28H,14H2,(H,35,38). The monoisotopic (exact) mass is 535 g/mol. The van der Waals surface area contributed by atoms with Gasteiger partial charge in [0.1, 0.15) is 12.1 Å². The summed E-state index contributed by atoms with van der Waals surface area (Å²) in [6.07, 6.45) is 5.06. The zero-order valence-corrected chi connectivity index (χ0v) is 21.1. The van der Waals surface area contributed by atoms with Gasteiger partial charge in [-0.3, -0.25) is 9.59 Å². The molecule has 0 radical (unpaired) electrons. The largest absolute Gasteiger partial charge is 0.341 e. The lowest BCUT2D eigenvalue weighted by molar-refractivity contribution is 0.0960. The Labute approximate surface area is 226 Å². The van der Waals surface area contributed by atoms with E-state index in [4.69, 9.17) is 11.6 Å². The quantitative estimate of drug-likeness (QED) is 0.328. The number of pyridine rings is 2. The number of aromatic nitrogens is 4. The van der Waals surface area contributed by atoms with Crippen LogP contribution in [0.5, 0.6) is 0 Å². The van der Waals surface area contributed by atoms with E-state index in [9.17, 15) is 14.0 Å². The summed E-state index contributed by atoms with van der Waals surface area (Å²) in [6, 6.07) is 20.2. The molecule has 3 aromatic carbocycles. The number of nitrogens with one attached hydrogen (secondary N) is 1. The van der Waals surface area contributed by atoms with Gasteiger partial charge in [0, 0.05) is 39.5 Å². The lowest BCUT2D eigenvalue weighted by Crippen LogP contribution is -2.22. The van der Waals surface area contributed by atoms with E-state index in [2.05, 4.69) is 15.4 Å². The van der Waals surface area contributed by atoms with E-state index in [0.29, 0.717) is 32.7 Å². The molecule has 7 rings (SSSR count). The molecule has 39 heavy (non-hydrogen) atoms. The molecule has 1 atom stereocenters. The number of nitrogens with zero attached hydrogens (tertiary/aromatic N) is 4. The van der Waals surface area contributed by atoms with E-state index in [1.165, 1.54) is 24.5 Å². The highest BCUT2D eigenvalue weighted by Gasteiger charge is 2.34. The third-order valence-corrected chi connectivity index (χ3v) is 7.52. The zero-order valence-electron chi connectivity index (χ0n) is 20.3. The van der Waals surface area contributed by atoms with Crippen LogP contribution in [0.25, 0.3) is 27.5 Å². The van der Waals surface area contributed by atoms with Gasteiger partial charge in [0.15, 0.2) is 5.65 Å². The SMILES string of the molecule is O=C1NC(c2cc(F)ccc2Cl)c2c(Cn3ccc4ccccc4c3=O)cc(-c3ccc4ncnn4c3)cc21. The van der Waals surface area contributed by atoms with Crippen LogP contribution in [0.3, 0.4) is 0 Å². The fourth-order valence-electron chi connectivity index (χ4n) is 5.32. The second-order valence-corrected chi connectivity index (χ2v) is 9.89. The van der Waals surface area contributed by atoms with Crippen molar-refractivity contribution in [3.8, 4) is 11.1 Å². The predicted molar refractivity (Wildman–Crippen MR) is 146 cm³/mol. The van der Waals surface area contributed by atoms with Gasteiger partial charge in [-0.05, 0) is 76.7 Å². The van der Waals surface area contributed by atoms with Crippen molar-refractivity contribution in [1.29, 1.82) is 0 Å². The van der Waals surface area contributed by atoms with Crippen molar-refractivity contribution in [3.05, 3.63) is 135 Å².